The van der Waals surface area contributed by atoms with Crippen molar-refractivity contribution in [3.63, 3.8) is 0 Å². The first kappa shape index (κ1) is 14.2. The van der Waals surface area contributed by atoms with Gasteiger partial charge in [0.2, 0.25) is 0 Å². The molecule has 1 fully saturated rings. The summed E-state index contributed by atoms with van der Waals surface area (Å²) >= 11 is 4.99. The van der Waals surface area contributed by atoms with Gasteiger partial charge in [0.15, 0.2) is 5.78 Å². The van der Waals surface area contributed by atoms with Gasteiger partial charge in [-0.05, 0) is 47.0 Å². The molecule has 0 spiro atoms. The molecule has 2 nitrogen and oxygen atoms in total. The van der Waals surface area contributed by atoms with Crippen molar-refractivity contribution in [1.82, 2.24) is 0 Å². The molecule has 0 atom stereocenters. The van der Waals surface area contributed by atoms with E-state index in [0.717, 1.165) is 35.7 Å². The van der Waals surface area contributed by atoms with Crippen LogP contribution in [-0.4, -0.2) is 18.5 Å². The van der Waals surface area contributed by atoms with E-state index in [1.807, 2.05) is 10.8 Å². The minimum atomic E-state index is -0.612. The van der Waals surface area contributed by atoms with Crippen LogP contribution in [0.2, 0.25) is 0 Å². The van der Waals surface area contributed by atoms with E-state index in [2.05, 4.69) is 29.8 Å². The van der Waals surface area contributed by atoms with Gasteiger partial charge in [-0.15, -0.1) is 0 Å². The molecule has 1 aliphatic carbocycles. The highest BCUT2D eigenvalue weighted by atomic mass is 79.9. The summed E-state index contributed by atoms with van der Waals surface area (Å²) in [4.78, 5) is 12.7. The molecule has 1 saturated carbocycles. The SMILES string of the molecule is COC1(C(=O)c2cscc2Br)CCC(C)(C)CC1. The Hall–Kier alpha value is -0.190. The third-order valence-electron chi connectivity index (χ3n) is 4.08. The van der Waals surface area contributed by atoms with Gasteiger partial charge in [0, 0.05) is 27.9 Å². The van der Waals surface area contributed by atoms with E-state index < -0.39 is 5.60 Å². The van der Waals surface area contributed by atoms with Crippen LogP contribution in [0.25, 0.3) is 0 Å². The highest BCUT2D eigenvalue weighted by molar-refractivity contribution is 9.10. The first-order valence-electron chi connectivity index (χ1n) is 6.22. The van der Waals surface area contributed by atoms with Crippen LogP contribution in [0.15, 0.2) is 15.2 Å². The zero-order chi connectivity index (χ0) is 13.4. The standard InChI is InChI=1S/C14H19BrO2S/c1-13(2)4-6-14(17-3,7-5-13)12(16)10-8-18-9-11(10)15/h8-9H,4-7H2,1-3H3. The molecular formula is C14H19BrO2S. The van der Waals surface area contributed by atoms with E-state index in [1.54, 1.807) is 18.4 Å². The number of ketones is 1. The summed E-state index contributed by atoms with van der Waals surface area (Å²) in [5.41, 5.74) is 0.481. The highest BCUT2D eigenvalue weighted by Gasteiger charge is 2.44. The van der Waals surface area contributed by atoms with Crippen molar-refractivity contribution in [3.8, 4) is 0 Å². The average Bonchev–Trinajstić information content (AvgIpc) is 2.75. The number of carbonyl (C=O) groups is 1. The van der Waals surface area contributed by atoms with Crippen molar-refractivity contribution in [1.29, 1.82) is 0 Å². The smallest absolute Gasteiger partial charge is 0.196 e. The molecule has 0 amide bonds. The second-order valence-electron chi connectivity index (χ2n) is 5.83. The largest absolute Gasteiger partial charge is 0.370 e. The predicted molar refractivity (Wildman–Crippen MR) is 78.3 cm³/mol. The second kappa shape index (κ2) is 5.06. The maximum atomic E-state index is 12.7. The first-order valence-corrected chi connectivity index (χ1v) is 7.95. The van der Waals surface area contributed by atoms with Crippen molar-refractivity contribution in [2.24, 2.45) is 5.41 Å². The zero-order valence-corrected chi connectivity index (χ0v) is 13.5. The molecule has 0 aliphatic heterocycles. The fourth-order valence-corrected chi connectivity index (χ4v) is 4.00. The van der Waals surface area contributed by atoms with E-state index >= 15 is 0 Å². The molecular weight excluding hydrogens is 312 g/mol. The van der Waals surface area contributed by atoms with Crippen molar-refractivity contribution in [3.05, 3.63) is 20.8 Å². The lowest BCUT2D eigenvalue weighted by Crippen LogP contribution is -2.45. The Labute approximate surface area is 121 Å². The Morgan fingerprint density at radius 3 is 2.33 bits per heavy atom. The van der Waals surface area contributed by atoms with Gasteiger partial charge in [-0.3, -0.25) is 4.79 Å². The minimum absolute atomic E-state index is 0.133. The van der Waals surface area contributed by atoms with Crippen LogP contribution >= 0.6 is 27.3 Å². The predicted octanol–water partition coefficient (Wildman–Crippen LogP) is 4.68. The molecule has 18 heavy (non-hydrogen) atoms. The van der Waals surface area contributed by atoms with Crippen molar-refractivity contribution >= 4 is 33.0 Å². The Kier molecular flexibility index (Phi) is 4.00. The van der Waals surface area contributed by atoms with Gasteiger partial charge < -0.3 is 4.74 Å². The molecule has 1 aromatic heterocycles. The summed E-state index contributed by atoms with van der Waals surface area (Å²) in [6.07, 6.45) is 3.71. The minimum Gasteiger partial charge on any atom is -0.370 e. The van der Waals surface area contributed by atoms with Crippen LogP contribution in [0.1, 0.15) is 49.9 Å². The molecule has 0 N–H and O–H groups in total. The molecule has 2 rings (SSSR count). The topological polar surface area (TPSA) is 26.3 Å². The number of methoxy groups -OCH3 is 1. The van der Waals surface area contributed by atoms with Gasteiger partial charge in [-0.1, -0.05) is 13.8 Å². The molecule has 0 radical (unpaired) electrons. The van der Waals surface area contributed by atoms with E-state index in [0.29, 0.717) is 5.41 Å². The number of hydrogen-bond donors (Lipinski definition) is 0. The molecule has 4 heteroatoms. The van der Waals surface area contributed by atoms with Crippen LogP contribution in [0.4, 0.5) is 0 Å². The molecule has 0 bridgehead atoms. The highest BCUT2D eigenvalue weighted by Crippen LogP contribution is 2.44. The Morgan fingerprint density at radius 1 is 1.28 bits per heavy atom. The van der Waals surface area contributed by atoms with Crippen LogP contribution in [0, 0.1) is 5.41 Å². The van der Waals surface area contributed by atoms with Crippen LogP contribution in [-0.2, 0) is 4.74 Å². The van der Waals surface area contributed by atoms with Gasteiger partial charge in [0.1, 0.15) is 5.60 Å². The average molecular weight is 331 g/mol. The van der Waals surface area contributed by atoms with Gasteiger partial charge >= 0.3 is 0 Å². The van der Waals surface area contributed by atoms with Crippen LogP contribution in [0.5, 0.6) is 0 Å². The van der Waals surface area contributed by atoms with E-state index in [4.69, 9.17) is 4.74 Å². The lowest BCUT2D eigenvalue weighted by molar-refractivity contribution is -0.0383. The van der Waals surface area contributed by atoms with Gasteiger partial charge in [0.05, 0.1) is 0 Å². The second-order valence-corrected chi connectivity index (χ2v) is 7.42. The molecule has 1 aliphatic rings. The molecule has 1 heterocycles. The molecule has 0 saturated heterocycles. The molecule has 0 aromatic carbocycles. The molecule has 1 aromatic rings. The number of thiophene rings is 1. The summed E-state index contributed by atoms with van der Waals surface area (Å²) in [6.45, 7) is 4.52. The van der Waals surface area contributed by atoms with Gasteiger partial charge in [-0.2, -0.15) is 11.3 Å². The van der Waals surface area contributed by atoms with Crippen molar-refractivity contribution in [2.75, 3.05) is 7.11 Å². The molecule has 100 valence electrons. The number of carbonyl (C=O) groups excluding carboxylic acids is 1. The van der Waals surface area contributed by atoms with Crippen molar-refractivity contribution in [2.45, 2.75) is 45.1 Å². The number of Topliss-reactive ketones (excluding diaryl/α,β-unsaturated/α-hetero) is 1. The number of hydrogen-bond acceptors (Lipinski definition) is 3. The summed E-state index contributed by atoms with van der Waals surface area (Å²) in [5, 5.41) is 3.86. The summed E-state index contributed by atoms with van der Waals surface area (Å²) < 4.78 is 6.53. The number of rotatable bonds is 3. The Bertz CT molecular complexity index is 440. The van der Waals surface area contributed by atoms with Crippen molar-refractivity contribution < 1.29 is 9.53 Å². The normalized spacial score (nSPS) is 21.8. The maximum Gasteiger partial charge on any atom is 0.196 e. The lowest BCUT2D eigenvalue weighted by Gasteiger charge is -2.41. The monoisotopic (exact) mass is 330 g/mol. The van der Waals surface area contributed by atoms with E-state index in [-0.39, 0.29) is 5.78 Å². The quantitative estimate of drug-likeness (QED) is 0.752. The Morgan fingerprint density at radius 2 is 1.89 bits per heavy atom. The van der Waals surface area contributed by atoms with E-state index in [9.17, 15) is 4.79 Å². The first-order chi connectivity index (χ1) is 8.40. The summed E-state index contributed by atoms with van der Waals surface area (Å²) in [7, 11) is 1.66. The van der Waals surface area contributed by atoms with Crippen LogP contribution in [0.3, 0.4) is 0 Å². The zero-order valence-electron chi connectivity index (χ0n) is 11.1. The fraction of sp³-hybridized carbons (Fsp3) is 0.643. The van der Waals surface area contributed by atoms with E-state index in [1.165, 1.54) is 0 Å². The molecule has 0 unspecified atom stereocenters. The number of halogens is 1. The Balaban J connectivity index is 2.24. The van der Waals surface area contributed by atoms with Gasteiger partial charge in [-0.25, -0.2) is 0 Å². The third kappa shape index (κ3) is 2.56. The third-order valence-corrected chi connectivity index (χ3v) is 5.78. The summed E-state index contributed by atoms with van der Waals surface area (Å²) in [5.74, 6) is 0.133. The lowest BCUT2D eigenvalue weighted by atomic mass is 9.69. The number of ether oxygens (including phenoxy) is 1. The summed E-state index contributed by atoms with van der Waals surface area (Å²) in [6, 6.07) is 0. The van der Waals surface area contributed by atoms with Crippen LogP contribution < -0.4 is 0 Å². The maximum absolute atomic E-state index is 12.7. The van der Waals surface area contributed by atoms with Gasteiger partial charge in [0.25, 0.3) is 0 Å². The fourth-order valence-electron chi connectivity index (χ4n) is 2.54.